The van der Waals surface area contributed by atoms with Crippen LogP contribution in [0.3, 0.4) is 0 Å². The van der Waals surface area contributed by atoms with Gasteiger partial charge in [0.25, 0.3) is 11.7 Å². The third-order valence-corrected chi connectivity index (χ3v) is 5.74. The van der Waals surface area contributed by atoms with Gasteiger partial charge in [-0.3, -0.25) is 9.59 Å². The first kappa shape index (κ1) is 23.3. The van der Waals surface area contributed by atoms with Crippen molar-refractivity contribution in [2.45, 2.75) is 13.0 Å². The van der Waals surface area contributed by atoms with Gasteiger partial charge in [-0.15, -0.1) is 0 Å². The largest absolute Gasteiger partial charge is 0.507 e. The minimum atomic E-state index is -0.668. The molecule has 1 unspecified atom stereocenters. The Morgan fingerprint density at radius 2 is 1.72 bits per heavy atom. The molecule has 1 heterocycles. The van der Waals surface area contributed by atoms with Crippen molar-refractivity contribution in [3.63, 3.8) is 0 Å². The van der Waals surface area contributed by atoms with Crippen LogP contribution in [0.15, 0.2) is 48.0 Å². The zero-order valence-electron chi connectivity index (χ0n) is 19.5. The second-order valence-corrected chi connectivity index (χ2v) is 8.46. The van der Waals surface area contributed by atoms with Crippen LogP contribution in [0.25, 0.3) is 5.76 Å². The number of rotatable bonds is 7. The summed E-state index contributed by atoms with van der Waals surface area (Å²) in [4.78, 5) is 31.6. The fraction of sp³-hybridized carbons (Fsp3) is 0.360. The fourth-order valence-electron chi connectivity index (χ4n) is 3.89. The molecule has 1 aliphatic rings. The van der Waals surface area contributed by atoms with Crippen molar-refractivity contribution in [3.05, 3.63) is 64.7 Å². The number of carbonyl (C=O) groups excluding carboxylic acids is 2. The van der Waals surface area contributed by atoms with Crippen molar-refractivity contribution < 1.29 is 19.4 Å². The van der Waals surface area contributed by atoms with E-state index in [0.717, 1.165) is 16.8 Å². The van der Waals surface area contributed by atoms with Gasteiger partial charge in [-0.2, -0.15) is 0 Å². The normalized spacial score (nSPS) is 17.8. The molecule has 1 fully saturated rings. The second-order valence-electron chi connectivity index (χ2n) is 8.46. The van der Waals surface area contributed by atoms with Crippen molar-refractivity contribution in [3.8, 4) is 5.75 Å². The summed E-state index contributed by atoms with van der Waals surface area (Å²) in [6, 6.07) is 12.3. The van der Waals surface area contributed by atoms with Crippen LogP contribution in [0, 0.1) is 6.92 Å². The first-order valence-corrected chi connectivity index (χ1v) is 10.5. The summed E-state index contributed by atoms with van der Waals surface area (Å²) in [5.41, 5.74) is 3.15. The minimum absolute atomic E-state index is 0.111. The Bertz CT molecular complexity index is 1040. The van der Waals surface area contributed by atoms with Gasteiger partial charge in [0.1, 0.15) is 11.5 Å². The van der Waals surface area contributed by atoms with Gasteiger partial charge in [0, 0.05) is 38.4 Å². The molecule has 0 aromatic heterocycles. The van der Waals surface area contributed by atoms with E-state index in [1.54, 1.807) is 30.2 Å². The molecular weight excluding hydrogens is 406 g/mol. The molecule has 0 spiro atoms. The predicted octanol–water partition coefficient (Wildman–Crippen LogP) is 3.05. The highest BCUT2D eigenvalue weighted by Gasteiger charge is 2.46. The Morgan fingerprint density at radius 3 is 2.25 bits per heavy atom. The highest BCUT2D eigenvalue weighted by atomic mass is 16.5. The van der Waals surface area contributed by atoms with E-state index in [2.05, 4.69) is 0 Å². The predicted molar refractivity (Wildman–Crippen MR) is 126 cm³/mol. The summed E-state index contributed by atoms with van der Waals surface area (Å²) < 4.78 is 5.25. The molecule has 1 saturated heterocycles. The molecule has 1 amide bonds. The molecule has 7 heteroatoms. The number of anilines is 1. The number of likely N-dealkylation sites (tertiary alicyclic amines) is 1. The summed E-state index contributed by atoms with van der Waals surface area (Å²) in [5, 5.41) is 11.2. The van der Waals surface area contributed by atoms with Gasteiger partial charge in [0.2, 0.25) is 0 Å². The number of hydrogen-bond donors (Lipinski definition) is 1. The van der Waals surface area contributed by atoms with E-state index in [-0.39, 0.29) is 11.3 Å². The molecule has 1 N–H and O–H groups in total. The number of nitrogens with zero attached hydrogens (tertiary/aromatic N) is 3. The number of ketones is 1. The highest BCUT2D eigenvalue weighted by Crippen LogP contribution is 2.40. The van der Waals surface area contributed by atoms with Crippen LogP contribution in [-0.4, -0.2) is 75.0 Å². The van der Waals surface area contributed by atoms with E-state index in [4.69, 9.17) is 4.74 Å². The van der Waals surface area contributed by atoms with Gasteiger partial charge >= 0.3 is 0 Å². The van der Waals surface area contributed by atoms with Crippen molar-refractivity contribution in [2.75, 3.05) is 53.3 Å². The molecule has 0 saturated carbocycles. The summed E-state index contributed by atoms with van der Waals surface area (Å²) in [6.07, 6.45) is 0. The quantitative estimate of drug-likeness (QED) is 0.408. The van der Waals surface area contributed by atoms with Crippen LogP contribution in [0.1, 0.15) is 22.7 Å². The van der Waals surface area contributed by atoms with Crippen LogP contribution in [0.2, 0.25) is 0 Å². The summed E-state index contributed by atoms with van der Waals surface area (Å²) in [5.74, 6) is -0.779. The summed E-state index contributed by atoms with van der Waals surface area (Å²) >= 11 is 0. The number of ether oxygens (including phenoxy) is 1. The van der Waals surface area contributed by atoms with Crippen molar-refractivity contribution in [1.82, 2.24) is 9.80 Å². The molecule has 32 heavy (non-hydrogen) atoms. The lowest BCUT2D eigenvalue weighted by molar-refractivity contribution is -0.140. The first-order valence-electron chi connectivity index (χ1n) is 10.5. The Hall–Kier alpha value is -3.32. The van der Waals surface area contributed by atoms with E-state index >= 15 is 0 Å². The SMILES string of the molecule is COc1ccc(/C(O)=C2/C(=O)C(=O)N(CCN(C)C)C2c2ccc(N(C)C)cc2)c(C)c1. The van der Waals surface area contributed by atoms with Gasteiger partial charge < -0.3 is 24.5 Å². The number of aryl methyl sites for hydroxylation is 1. The highest BCUT2D eigenvalue weighted by molar-refractivity contribution is 6.46. The van der Waals surface area contributed by atoms with Crippen LogP contribution in [-0.2, 0) is 9.59 Å². The standard InChI is InChI=1S/C25H31N3O4/c1-16-15-19(32-6)11-12-20(16)23(29)21-22(17-7-9-18(10-8-17)27(4)5)28(14-13-26(2)3)25(31)24(21)30/h7-12,15,22,29H,13-14H2,1-6H3/b23-21-. The Labute approximate surface area is 189 Å². The zero-order chi connectivity index (χ0) is 23.6. The van der Waals surface area contributed by atoms with E-state index in [1.165, 1.54) is 0 Å². The second kappa shape index (κ2) is 9.44. The van der Waals surface area contributed by atoms with Crippen LogP contribution < -0.4 is 9.64 Å². The molecule has 0 radical (unpaired) electrons. The maximum atomic E-state index is 13.1. The smallest absolute Gasteiger partial charge is 0.295 e. The maximum Gasteiger partial charge on any atom is 0.295 e. The molecule has 0 bridgehead atoms. The molecule has 0 aliphatic carbocycles. The van der Waals surface area contributed by atoms with Crippen LogP contribution in [0.4, 0.5) is 5.69 Å². The number of benzene rings is 2. The lowest BCUT2D eigenvalue weighted by atomic mass is 9.93. The van der Waals surface area contributed by atoms with E-state index in [1.807, 2.05) is 69.2 Å². The van der Waals surface area contributed by atoms with E-state index in [0.29, 0.717) is 24.4 Å². The Kier molecular flexibility index (Phi) is 6.89. The molecule has 2 aromatic rings. The molecule has 1 aliphatic heterocycles. The number of likely N-dealkylation sites (N-methyl/N-ethyl adjacent to an activating group) is 1. The van der Waals surface area contributed by atoms with Gasteiger partial charge in [-0.25, -0.2) is 0 Å². The lowest BCUT2D eigenvalue weighted by Gasteiger charge is -2.27. The number of hydrogen-bond acceptors (Lipinski definition) is 6. The molecule has 7 nitrogen and oxygen atoms in total. The Balaban J connectivity index is 2.15. The van der Waals surface area contributed by atoms with Crippen molar-refractivity contribution in [2.24, 2.45) is 0 Å². The molecule has 3 rings (SSSR count). The van der Waals surface area contributed by atoms with E-state index in [9.17, 15) is 14.7 Å². The van der Waals surface area contributed by atoms with Crippen molar-refractivity contribution in [1.29, 1.82) is 0 Å². The van der Waals surface area contributed by atoms with E-state index < -0.39 is 17.7 Å². The monoisotopic (exact) mass is 437 g/mol. The first-order chi connectivity index (χ1) is 15.1. The number of aliphatic hydroxyl groups is 1. The number of aliphatic hydroxyl groups excluding tert-OH is 1. The third kappa shape index (κ3) is 4.48. The minimum Gasteiger partial charge on any atom is -0.507 e. The number of amides is 1. The molecule has 2 aromatic carbocycles. The number of methoxy groups -OCH3 is 1. The van der Waals surface area contributed by atoms with Gasteiger partial charge in [-0.05, 0) is 62.5 Å². The molecular formula is C25H31N3O4. The molecule has 1 atom stereocenters. The Morgan fingerprint density at radius 1 is 1.06 bits per heavy atom. The van der Waals surface area contributed by atoms with Crippen molar-refractivity contribution >= 4 is 23.1 Å². The number of carbonyl (C=O) groups is 2. The maximum absolute atomic E-state index is 13.1. The zero-order valence-corrected chi connectivity index (χ0v) is 19.5. The number of Topliss-reactive ketones (excluding diaryl/α,β-unsaturated/α-hetero) is 1. The summed E-state index contributed by atoms with van der Waals surface area (Å²) in [6.45, 7) is 2.80. The van der Waals surface area contributed by atoms with Crippen LogP contribution >= 0.6 is 0 Å². The van der Waals surface area contributed by atoms with Crippen LogP contribution in [0.5, 0.6) is 5.75 Å². The third-order valence-electron chi connectivity index (χ3n) is 5.74. The average molecular weight is 438 g/mol. The lowest BCUT2D eigenvalue weighted by Crippen LogP contribution is -2.35. The summed E-state index contributed by atoms with van der Waals surface area (Å²) in [7, 11) is 9.30. The molecule has 170 valence electrons. The average Bonchev–Trinajstić information content (AvgIpc) is 3.01. The van der Waals surface area contributed by atoms with Gasteiger partial charge in [0.15, 0.2) is 0 Å². The van der Waals surface area contributed by atoms with Gasteiger partial charge in [0.05, 0.1) is 18.7 Å². The fourth-order valence-corrected chi connectivity index (χ4v) is 3.89. The van der Waals surface area contributed by atoms with Gasteiger partial charge in [-0.1, -0.05) is 12.1 Å². The topological polar surface area (TPSA) is 73.3 Å².